The molecule has 1 fully saturated rings. The zero-order chi connectivity index (χ0) is 14.8. The smallest absolute Gasteiger partial charge is 0.244 e. The van der Waals surface area contributed by atoms with Gasteiger partial charge in [0.2, 0.25) is 5.91 Å². The van der Waals surface area contributed by atoms with Crippen molar-refractivity contribution >= 4 is 23.2 Å². The number of methoxy groups -OCH3 is 2. The van der Waals surface area contributed by atoms with Crippen molar-refractivity contribution < 1.29 is 14.3 Å². The maximum absolute atomic E-state index is 12.4. The maximum atomic E-state index is 12.4. The van der Waals surface area contributed by atoms with Crippen LogP contribution in [0.3, 0.4) is 0 Å². The molecule has 2 N–H and O–H groups in total. The maximum Gasteiger partial charge on any atom is 0.244 e. The zero-order valence-electron chi connectivity index (χ0n) is 11.9. The Kier molecular flexibility index (Phi) is 4.40. The average molecular weight is 299 g/mol. The van der Waals surface area contributed by atoms with E-state index in [0.717, 1.165) is 19.4 Å². The van der Waals surface area contributed by atoms with Gasteiger partial charge in [-0.15, -0.1) is 0 Å². The van der Waals surface area contributed by atoms with Gasteiger partial charge in [-0.3, -0.25) is 4.79 Å². The summed E-state index contributed by atoms with van der Waals surface area (Å²) >= 11 is 6.04. The normalized spacial score (nSPS) is 21.6. The minimum atomic E-state index is -0.544. The van der Waals surface area contributed by atoms with Gasteiger partial charge < -0.3 is 20.1 Å². The Labute approximate surface area is 123 Å². The lowest BCUT2D eigenvalue weighted by molar-refractivity contribution is -0.121. The molecule has 1 aromatic rings. The van der Waals surface area contributed by atoms with Crippen LogP contribution in [0, 0.1) is 0 Å². The molecule has 1 aliphatic heterocycles. The summed E-state index contributed by atoms with van der Waals surface area (Å²) in [7, 11) is 3.06. The van der Waals surface area contributed by atoms with Gasteiger partial charge in [-0.05, 0) is 26.3 Å². The number of benzene rings is 1. The van der Waals surface area contributed by atoms with Crippen molar-refractivity contribution in [3.63, 3.8) is 0 Å². The van der Waals surface area contributed by atoms with Crippen LogP contribution >= 0.6 is 11.6 Å². The SMILES string of the molecule is COc1cc(NC(=O)C2(C)CCCN2)c(OC)cc1Cl. The summed E-state index contributed by atoms with van der Waals surface area (Å²) in [6.45, 7) is 2.75. The molecule has 2 rings (SSSR count). The average Bonchev–Trinajstić information content (AvgIpc) is 2.88. The van der Waals surface area contributed by atoms with Gasteiger partial charge in [0.25, 0.3) is 0 Å². The van der Waals surface area contributed by atoms with Crippen molar-refractivity contribution in [3.05, 3.63) is 17.2 Å². The van der Waals surface area contributed by atoms with E-state index >= 15 is 0 Å². The largest absolute Gasteiger partial charge is 0.495 e. The van der Waals surface area contributed by atoms with Crippen LogP contribution in [0.5, 0.6) is 11.5 Å². The molecule has 110 valence electrons. The van der Waals surface area contributed by atoms with E-state index in [0.29, 0.717) is 22.2 Å². The number of nitrogens with one attached hydrogen (secondary N) is 2. The van der Waals surface area contributed by atoms with Crippen molar-refractivity contribution in [1.82, 2.24) is 5.32 Å². The van der Waals surface area contributed by atoms with Crippen LogP contribution in [0.15, 0.2) is 12.1 Å². The molecule has 0 spiro atoms. The second kappa shape index (κ2) is 5.89. The minimum absolute atomic E-state index is 0.0855. The number of rotatable bonds is 4. The summed E-state index contributed by atoms with van der Waals surface area (Å²) in [5.74, 6) is 0.913. The van der Waals surface area contributed by atoms with Gasteiger partial charge in [-0.2, -0.15) is 0 Å². The number of hydrogen-bond donors (Lipinski definition) is 2. The Morgan fingerprint density at radius 1 is 1.35 bits per heavy atom. The zero-order valence-corrected chi connectivity index (χ0v) is 12.6. The monoisotopic (exact) mass is 298 g/mol. The molecule has 1 saturated heterocycles. The highest BCUT2D eigenvalue weighted by Crippen LogP contribution is 2.36. The Bertz CT molecular complexity index is 513. The first-order chi connectivity index (χ1) is 9.50. The summed E-state index contributed by atoms with van der Waals surface area (Å²) in [5.41, 5.74) is 0.00593. The van der Waals surface area contributed by atoms with Crippen LogP contribution in [0.25, 0.3) is 0 Å². The van der Waals surface area contributed by atoms with Crippen LogP contribution in [0.2, 0.25) is 5.02 Å². The highest BCUT2D eigenvalue weighted by Gasteiger charge is 2.36. The molecule has 0 radical (unpaired) electrons. The van der Waals surface area contributed by atoms with E-state index in [4.69, 9.17) is 21.1 Å². The second-order valence-corrected chi connectivity index (χ2v) is 5.41. The van der Waals surface area contributed by atoms with Gasteiger partial charge in [0.15, 0.2) is 0 Å². The summed E-state index contributed by atoms with van der Waals surface area (Å²) in [6.07, 6.45) is 1.80. The van der Waals surface area contributed by atoms with E-state index in [-0.39, 0.29) is 5.91 Å². The molecule has 0 saturated carbocycles. The predicted molar refractivity (Wildman–Crippen MR) is 78.8 cm³/mol. The number of carbonyl (C=O) groups is 1. The third-order valence-electron chi connectivity index (χ3n) is 3.59. The molecule has 1 aromatic carbocycles. The summed E-state index contributed by atoms with van der Waals surface area (Å²) in [6, 6.07) is 3.29. The fourth-order valence-corrected chi connectivity index (χ4v) is 2.54. The molecular formula is C14H19ClN2O3. The molecule has 1 heterocycles. The first-order valence-corrected chi connectivity index (χ1v) is 6.86. The number of halogens is 1. The van der Waals surface area contributed by atoms with E-state index < -0.39 is 5.54 Å². The van der Waals surface area contributed by atoms with E-state index in [1.165, 1.54) is 14.2 Å². The quantitative estimate of drug-likeness (QED) is 0.896. The van der Waals surface area contributed by atoms with E-state index in [1.54, 1.807) is 12.1 Å². The van der Waals surface area contributed by atoms with Gasteiger partial charge in [-0.25, -0.2) is 0 Å². The first-order valence-electron chi connectivity index (χ1n) is 6.48. The fraction of sp³-hybridized carbons (Fsp3) is 0.500. The molecule has 6 heteroatoms. The lowest BCUT2D eigenvalue weighted by Gasteiger charge is -2.24. The van der Waals surface area contributed by atoms with Gasteiger partial charge in [0, 0.05) is 12.1 Å². The molecule has 1 amide bonds. The van der Waals surface area contributed by atoms with Crippen molar-refractivity contribution in [3.8, 4) is 11.5 Å². The predicted octanol–water partition coefficient (Wildman–Crippen LogP) is 2.44. The summed E-state index contributed by atoms with van der Waals surface area (Å²) < 4.78 is 10.4. The standard InChI is InChI=1S/C14H19ClN2O3/c1-14(5-4-6-16-14)13(18)17-10-8-11(19-2)9(15)7-12(10)20-3/h7-8,16H,4-6H2,1-3H3,(H,17,18). The Morgan fingerprint density at radius 3 is 2.60 bits per heavy atom. The molecule has 0 aliphatic carbocycles. The number of anilines is 1. The van der Waals surface area contributed by atoms with E-state index in [1.807, 2.05) is 6.92 Å². The summed E-state index contributed by atoms with van der Waals surface area (Å²) in [5, 5.41) is 6.54. The van der Waals surface area contributed by atoms with Crippen LogP contribution in [0.1, 0.15) is 19.8 Å². The molecule has 5 nitrogen and oxygen atoms in total. The molecular weight excluding hydrogens is 280 g/mol. The van der Waals surface area contributed by atoms with E-state index in [9.17, 15) is 4.79 Å². The molecule has 1 unspecified atom stereocenters. The molecule has 0 bridgehead atoms. The molecule has 0 aromatic heterocycles. The third kappa shape index (κ3) is 2.83. The Morgan fingerprint density at radius 2 is 2.05 bits per heavy atom. The van der Waals surface area contributed by atoms with Crippen LogP contribution in [0.4, 0.5) is 5.69 Å². The lowest BCUT2D eigenvalue weighted by atomic mass is 9.99. The topological polar surface area (TPSA) is 59.6 Å². The Hall–Kier alpha value is -1.46. The van der Waals surface area contributed by atoms with Crippen molar-refractivity contribution in [2.24, 2.45) is 0 Å². The molecule has 20 heavy (non-hydrogen) atoms. The van der Waals surface area contributed by atoms with Crippen LogP contribution in [-0.4, -0.2) is 32.2 Å². The fourth-order valence-electron chi connectivity index (χ4n) is 2.31. The number of amides is 1. The van der Waals surface area contributed by atoms with Crippen LogP contribution < -0.4 is 20.1 Å². The molecule has 1 atom stereocenters. The number of carbonyl (C=O) groups excluding carboxylic acids is 1. The van der Waals surface area contributed by atoms with Crippen molar-refractivity contribution in [2.75, 3.05) is 26.1 Å². The number of hydrogen-bond acceptors (Lipinski definition) is 4. The number of ether oxygens (including phenoxy) is 2. The lowest BCUT2D eigenvalue weighted by Crippen LogP contribution is -2.48. The van der Waals surface area contributed by atoms with Crippen LogP contribution in [-0.2, 0) is 4.79 Å². The Balaban J connectivity index is 2.26. The second-order valence-electron chi connectivity index (χ2n) is 5.00. The summed E-state index contributed by atoms with van der Waals surface area (Å²) in [4.78, 5) is 12.4. The van der Waals surface area contributed by atoms with Crippen molar-refractivity contribution in [1.29, 1.82) is 0 Å². The van der Waals surface area contributed by atoms with Gasteiger partial charge in [-0.1, -0.05) is 11.6 Å². The first kappa shape index (κ1) is 14.9. The molecule has 1 aliphatic rings. The van der Waals surface area contributed by atoms with E-state index in [2.05, 4.69) is 10.6 Å². The highest BCUT2D eigenvalue weighted by molar-refractivity contribution is 6.32. The highest BCUT2D eigenvalue weighted by atomic mass is 35.5. The van der Waals surface area contributed by atoms with Crippen molar-refractivity contribution in [2.45, 2.75) is 25.3 Å². The van der Waals surface area contributed by atoms with Gasteiger partial charge >= 0.3 is 0 Å². The third-order valence-corrected chi connectivity index (χ3v) is 3.89. The minimum Gasteiger partial charge on any atom is -0.495 e. The van der Waals surface area contributed by atoms with Gasteiger partial charge in [0.1, 0.15) is 11.5 Å². The van der Waals surface area contributed by atoms with Gasteiger partial charge in [0.05, 0.1) is 30.5 Å².